The lowest BCUT2D eigenvalue weighted by Crippen LogP contribution is -2.36. The SMILES string of the molecule is Cc1ccc(C)c(OCC(=O)NCCNC(=O)c2cccc3ccccc23)c1C. The lowest BCUT2D eigenvalue weighted by molar-refractivity contribution is -0.123. The van der Waals surface area contributed by atoms with E-state index in [1.165, 1.54) is 0 Å². The maximum atomic E-state index is 12.5. The number of aryl methyl sites for hydroxylation is 2. The first-order valence-electron chi connectivity index (χ1n) is 9.69. The number of hydrogen-bond donors (Lipinski definition) is 2. The van der Waals surface area contributed by atoms with Gasteiger partial charge in [0.1, 0.15) is 5.75 Å². The van der Waals surface area contributed by atoms with Gasteiger partial charge in [0.05, 0.1) is 0 Å². The third-order valence-corrected chi connectivity index (χ3v) is 4.99. The Morgan fingerprint density at radius 1 is 0.828 bits per heavy atom. The Morgan fingerprint density at radius 3 is 2.34 bits per heavy atom. The van der Waals surface area contributed by atoms with E-state index in [0.29, 0.717) is 18.7 Å². The molecule has 150 valence electrons. The van der Waals surface area contributed by atoms with Crippen molar-refractivity contribution in [3.8, 4) is 5.75 Å². The number of benzene rings is 3. The molecule has 0 bridgehead atoms. The second-order valence-corrected chi connectivity index (χ2v) is 7.07. The molecule has 5 nitrogen and oxygen atoms in total. The number of hydrogen-bond acceptors (Lipinski definition) is 3. The largest absolute Gasteiger partial charge is 0.483 e. The van der Waals surface area contributed by atoms with Gasteiger partial charge in [0.25, 0.3) is 11.8 Å². The summed E-state index contributed by atoms with van der Waals surface area (Å²) < 4.78 is 5.71. The molecule has 2 N–H and O–H groups in total. The number of carbonyl (C=O) groups is 2. The number of fused-ring (bicyclic) bond motifs is 1. The van der Waals surface area contributed by atoms with Crippen molar-refractivity contribution in [2.45, 2.75) is 20.8 Å². The minimum Gasteiger partial charge on any atom is -0.483 e. The highest BCUT2D eigenvalue weighted by Crippen LogP contribution is 2.25. The van der Waals surface area contributed by atoms with Gasteiger partial charge < -0.3 is 15.4 Å². The van der Waals surface area contributed by atoms with Crippen LogP contribution < -0.4 is 15.4 Å². The molecule has 5 heteroatoms. The van der Waals surface area contributed by atoms with Crippen LogP contribution in [0.25, 0.3) is 10.8 Å². The van der Waals surface area contributed by atoms with Gasteiger partial charge in [-0.15, -0.1) is 0 Å². The zero-order valence-electron chi connectivity index (χ0n) is 17.0. The third-order valence-electron chi connectivity index (χ3n) is 4.99. The fourth-order valence-electron chi connectivity index (χ4n) is 3.23. The Morgan fingerprint density at radius 2 is 1.52 bits per heavy atom. The molecule has 0 unspecified atom stereocenters. The van der Waals surface area contributed by atoms with Crippen molar-refractivity contribution in [2.24, 2.45) is 0 Å². The van der Waals surface area contributed by atoms with Crippen LogP contribution in [0.1, 0.15) is 27.0 Å². The van der Waals surface area contributed by atoms with Gasteiger partial charge in [-0.1, -0.05) is 48.5 Å². The van der Waals surface area contributed by atoms with Gasteiger partial charge in [-0.3, -0.25) is 9.59 Å². The predicted octanol–water partition coefficient (Wildman–Crippen LogP) is 3.69. The maximum absolute atomic E-state index is 12.5. The van der Waals surface area contributed by atoms with Crippen LogP contribution in [-0.2, 0) is 4.79 Å². The van der Waals surface area contributed by atoms with Crippen molar-refractivity contribution >= 4 is 22.6 Å². The molecule has 0 aliphatic heterocycles. The molecule has 3 rings (SSSR count). The first-order chi connectivity index (χ1) is 14.0. The molecule has 3 aromatic rings. The summed E-state index contributed by atoms with van der Waals surface area (Å²) in [5.74, 6) is 0.382. The van der Waals surface area contributed by atoms with E-state index in [2.05, 4.69) is 10.6 Å². The summed E-state index contributed by atoms with van der Waals surface area (Å²) in [5, 5.41) is 7.55. The van der Waals surface area contributed by atoms with Crippen LogP contribution in [0.2, 0.25) is 0 Å². The minimum atomic E-state index is -0.218. The minimum absolute atomic E-state index is 0.0532. The number of nitrogens with one attached hydrogen (secondary N) is 2. The highest BCUT2D eigenvalue weighted by Gasteiger charge is 2.11. The Labute approximate surface area is 171 Å². The van der Waals surface area contributed by atoms with Crippen LogP contribution in [0.15, 0.2) is 54.6 Å². The summed E-state index contributed by atoms with van der Waals surface area (Å²) in [7, 11) is 0. The van der Waals surface area contributed by atoms with Crippen molar-refractivity contribution in [1.82, 2.24) is 10.6 Å². The molecule has 0 saturated carbocycles. The topological polar surface area (TPSA) is 67.4 Å². The van der Waals surface area contributed by atoms with Crippen LogP contribution >= 0.6 is 0 Å². The molecule has 0 aromatic heterocycles. The van der Waals surface area contributed by atoms with Crippen LogP contribution in [0.3, 0.4) is 0 Å². The Bertz CT molecular complexity index is 1040. The van der Waals surface area contributed by atoms with Gasteiger partial charge in [-0.05, 0) is 54.3 Å². The summed E-state index contributed by atoms with van der Waals surface area (Å²) in [5.41, 5.74) is 3.80. The summed E-state index contributed by atoms with van der Waals surface area (Å²) in [6, 6.07) is 17.4. The van der Waals surface area contributed by atoms with E-state index in [0.717, 1.165) is 33.2 Å². The van der Waals surface area contributed by atoms with Crippen molar-refractivity contribution in [2.75, 3.05) is 19.7 Å². The van der Waals surface area contributed by atoms with E-state index in [9.17, 15) is 9.59 Å². The van der Waals surface area contributed by atoms with Crippen molar-refractivity contribution < 1.29 is 14.3 Å². The van der Waals surface area contributed by atoms with E-state index in [-0.39, 0.29) is 18.4 Å². The fourth-order valence-corrected chi connectivity index (χ4v) is 3.23. The zero-order valence-corrected chi connectivity index (χ0v) is 17.0. The van der Waals surface area contributed by atoms with Gasteiger partial charge >= 0.3 is 0 Å². The molecule has 0 aliphatic rings. The second-order valence-electron chi connectivity index (χ2n) is 7.07. The van der Waals surface area contributed by atoms with E-state index < -0.39 is 0 Å². The van der Waals surface area contributed by atoms with Crippen molar-refractivity contribution in [3.63, 3.8) is 0 Å². The standard InChI is InChI=1S/C24H26N2O3/c1-16-11-12-17(2)23(18(16)3)29-15-22(27)25-13-14-26-24(28)21-10-6-8-19-7-4-5-9-20(19)21/h4-12H,13-15H2,1-3H3,(H,25,27)(H,26,28). The summed E-state index contributed by atoms with van der Waals surface area (Å²) in [6.45, 7) is 6.59. The van der Waals surface area contributed by atoms with E-state index >= 15 is 0 Å². The first-order valence-corrected chi connectivity index (χ1v) is 9.69. The second kappa shape index (κ2) is 9.24. The molecule has 0 heterocycles. The molecule has 0 fully saturated rings. The molecule has 0 radical (unpaired) electrons. The highest BCUT2D eigenvalue weighted by molar-refractivity contribution is 6.07. The van der Waals surface area contributed by atoms with Crippen LogP contribution in [0.4, 0.5) is 0 Å². The fraction of sp³-hybridized carbons (Fsp3) is 0.250. The molecule has 0 aliphatic carbocycles. The quantitative estimate of drug-likeness (QED) is 0.605. The average molecular weight is 390 g/mol. The average Bonchev–Trinajstić information content (AvgIpc) is 2.73. The normalized spacial score (nSPS) is 10.6. The van der Waals surface area contributed by atoms with Crippen LogP contribution in [0, 0.1) is 20.8 Å². The lowest BCUT2D eigenvalue weighted by Gasteiger charge is -2.14. The van der Waals surface area contributed by atoms with Crippen LogP contribution in [-0.4, -0.2) is 31.5 Å². The number of ether oxygens (including phenoxy) is 1. The van der Waals surface area contributed by atoms with Crippen molar-refractivity contribution in [3.05, 3.63) is 76.9 Å². The van der Waals surface area contributed by atoms with Crippen molar-refractivity contribution in [1.29, 1.82) is 0 Å². The highest BCUT2D eigenvalue weighted by atomic mass is 16.5. The molecule has 0 saturated heterocycles. The summed E-state index contributed by atoms with van der Waals surface area (Å²) >= 11 is 0. The van der Waals surface area contributed by atoms with Gasteiger partial charge in [-0.2, -0.15) is 0 Å². The molecule has 0 atom stereocenters. The summed E-state index contributed by atoms with van der Waals surface area (Å²) in [4.78, 5) is 24.5. The molecule has 0 spiro atoms. The monoisotopic (exact) mass is 390 g/mol. The first kappa shape index (κ1) is 20.4. The smallest absolute Gasteiger partial charge is 0.258 e. The molecular weight excluding hydrogens is 364 g/mol. The molecule has 29 heavy (non-hydrogen) atoms. The Kier molecular flexibility index (Phi) is 6.50. The summed E-state index contributed by atoms with van der Waals surface area (Å²) in [6.07, 6.45) is 0. The molecular formula is C24H26N2O3. The number of carbonyl (C=O) groups excluding carboxylic acids is 2. The molecule has 3 aromatic carbocycles. The van der Waals surface area contributed by atoms with Crippen LogP contribution in [0.5, 0.6) is 5.75 Å². The van der Waals surface area contributed by atoms with E-state index in [1.807, 2.05) is 69.3 Å². The third kappa shape index (κ3) is 4.93. The predicted molar refractivity (Wildman–Crippen MR) is 115 cm³/mol. The lowest BCUT2D eigenvalue weighted by atomic mass is 10.0. The Hall–Kier alpha value is -3.34. The maximum Gasteiger partial charge on any atom is 0.258 e. The van der Waals surface area contributed by atoms with E-state index in [1.54, 1.807) is 6.07 Å². The van der Waals surface area contributed by atoms with Gasteiger partial charge in [-0.25, -0.2) is 0 Å². The number of amides is 2. The van der Waals surface area contributed by atoms with E-state index in [4.69, 9.17) is 4.74 Å². The van der Waals surface area contributed by atoms with Gasteiger partial charge in [0.2, 0.25) is 0 Å². The van der Waals surface area contributed by atoms with Gasteiger partial charge in [0.15, 0.2) is 6.61 Å². The Balaban J connectivity index is 1.46. The van der Waals surface area contributed by atoms with Gasteiger partial charge in [0, 0.05) is 18.7 Å². The number of rotatable bonds is 7. The molecule has 2 amide bonds. The zero-order chi connectivity index (χ0) is 20.8.